The van der Waals surface area contributed by atoms with Gasteiger partial charge in [0, 0.05) is 19.7 Å². The second-order valence-corrected chi connectivity index (χ2v) is 12.1. The van der Waals surface area contributed by atoms with Crippen LogP contribution in [0.3, 0.4) is 0 Å². The Hall–Kier alpha value is -3.23. The molecule has 36 heavy (non-hydrogen) atoms. The molecule has 3 aromatic rings. The third-order valence-electron chi connectivity index (χ3n) is 6.03. The van der Waals surface area contributed by atoms with Gasteiger partial charge in [-0.05, 0) is 53.3 Å². The zero-order chi connectivity index (χ0) is 26.7. The monoisotopic (exact) mass is 511 g/mol. The molecule has 1 unspecified atom stereocenters. The van der Waals surface area contributed by atoms with Gasteiger partial charge in [0.05, 0.1) is 18.3 Å². The quantitative estimate of drug-likeness (QED) is 0.439. The number of amides is 1. The van der Waals surface area contributed by atoms with Gasteiger partial charge < -0.3 is 5.32 Å². The normalized spacial score (nSPS) is 12.9. The first kappa shape index (κ1) is 27.4. The second-order valence-electron chi connectivity index (χ2n) is 10.0. The summed E-state index contributed by atoms with van der Waals surface area (Å²) in [6.07, 6.45) is 0. The summed E-state index contributed by atoms with van der Waals surface area (Å²) in [7, 11) is -1.16. The summed E-state index contributed by atoms with van der Waals surface area (Å²) in [6.45, 7) is 8.31. The van der Waals surface area contributed by atoms with Crippen LogP contribution in [0.2, 0.25) is 0 Å². The average molecular weight is 512 g/mol. The van der Waals surface area contributed by atoms with E-state index in [1.807, 2.05) is 19.1 Å². The van der Waals surface area contributed by atoms with Crippen LogP contribution in [-0.4, -0.2) is 32.7 Å². The Morgan fingerprint density at radius 3 is 2.06 bits per heavy atom. The minimum Gasteiger partial charge on any atom is -0.346 e. The number of nitrogens with zero attached hydrogens (tertiary/aromatic N) is 2. The molecule has 0 aliphatic rings. The van der Waals surface area contributed by atoms with Crippen molar-refractivity contribution in [3.63, 3.8) is 0 Å². The van der Waals surface area contributed by atoms with Crippen molar-refractivity contribution in [2.24, 2.45) is 0 Å². The van der Waals surface area contributed by atoms with Gasteiger partial charge in [0.15, 0.2) is 0 Å². The van der Waals surface area contributed by atoms with Gasteiger partial charge in [0.25, 0.3) is 5.91 Å². The zero-order valence-electron chi connectivity index (χ0n) is 21.6. The predicted octanol–water partition coefficient (Wildman–Crippen LogP) is 5.43. The number of halogens is 1. The maximum Gasteiger partial charge on any atom is 0.303 e. The lowest BCUT2D eigenvalue weighted by atomic mass is 9.86. The van der Waals surface area contributed by atoms with Gasteiger partial charge in [-0.15, -0.1) is 0 Å². The highest BCUT2D eigenvalue weighted by molar-refractivity contribution is 7.90. The molecule has 1 N–H and O–H groups in total. The maximum atomic E-state index is 14.5. The molecule has 0 spiro atoms. The van der Waals surface area contributed by atoms with Crippen LogP contribution in [0.25, 0.3) is 0 Å². The minimum atomic E-state index is -3.95. The van der Waals surface area contributed by atoms with Crippen LogP contribution in [0.15, 0.2) is 72.8 Å². The minimum absolute atomic E-state index is 0.0423. The van der Waals surface area contributed by atoms with E-state index in [1.54, 1.807) is 30.3 Å². The molecule has 1 atom stereocenters. The first-order chi connectivity index (χ1) is 16.8. The van der Waals surface area contributed by atoms with E-state index < -0.39 is 16.0 Å². The van der Waals surface area contributed by atoms with Gasteiger partial charge >= 0.3 is 10.2 Å². The lowest BCUT2D eigenvalue weighted by molar-refractivity contribution is 0.0940. The fraction of sp³-hybridized carbons (Fsp3) is 0.321. The number of rotatable bonds is 8. The first-order valence-electron chi connectivity index (χ1n) is 11.8. The summed E-state index contributed by atoms with van der Waals surface area (Å²) < 4.78 is 42.4. The van der Waals surface area contributed by atoms with Crippen molar-refractivity contribution in [3.05, 3.63) is 101 Å². The van der Waals surface area contributed by atoms with Crippen LogP contribution in [-0.2, 0) is 22.2 Å². The third kappa shape index (κ3) is 6.30. The van der Waals surface area contributed by atoms with E-state index in [9.17, 15) is 17.6 Å². The highest BCUT2D eigenvalue weighted by atomic mass is 32.2. The molecule has 0 fully saturated rings. The van der Waals surface area contributed by atoms with Crippen LogP contribution >= 0.6 is 0 Å². The number of carbonyl (C=O) groups excluding carboxylic acids is 1. The third-order valence-corrected chi connectivity index (χ3v) is 7.83. The summed E-state index contributed by atoms with van der Waals surface area (Å²) in [5, 5.41) is 3.00. The second kappa shape index (κ2) is 10.8. The van der Waals surface area contributed by atoms with Crippen molar-refractivity contribution in [2.45, 2.75) is 45.7 Å². The van der Waals surface area contributed by atoms with Crippen LogP contribution in [0, 0.1) is 5.82 Å². The van der Waals surface area contributed by atoms with Crippen molar-refractivity contribution in [2.75, 3.05) is 18.4 Å². The number of carbonyl (C=O) groups is 1. The summed E-state index contributed by atoms with van der Waals surface area (Å²) in [6, 6.07) is 20.4. The Labute approximate surface area is 213 Å². The Morgan fingerprint density at radius 1 is 0.944 bits per heavy atom. The van der Waals surface area contributed by atoms with E-state index in [-0.39, 0.29) is 29.6 Å². The number of para-hydroxylation sites is 1. The van der Waals surface area contributed by atoms with E-state index in [4.69, 9.17) is 0 Å². The number of hydrogen-bond acceptors (Lipinski definition) is 3. The Morgan fingerprint density at radius 2 is 1.53 bits per heavy atom. The number of nitrogens with one attached hydrogen (secondary N) is 1. The number of hydrogen-bond donors (Lipinski definition) is 1. The van der Waals surface area contributed by atoms with Crippen molar-refractivity contribution >= 4 is 21.8 Å². The summed E-state index contributed by atoms with van der Waals surface area (Å²) in [5.41, 5.74) is 3.30. The molecule has 0 aliphatic carbocycles. The van der Waals surface area contributed by atoms with E-state index in [2.05, 4.69) is 38.2 Å². The van der Waals surface area contributed by atoms with Crippen molar-refractivity contribution in [1.29, 1.82) is 0 Å². The Kier molecular flexibility index (Phi) is 8.21. The first-order valence-corrected chi connectivity index (χ1v) is 13.2. The van der Waals surface area contributed by atoms with Gasteiger partial charge in [0.2, 0.25) is 0 Å². The zero-order valence-corrected chi connectivity index (χ0v) is 22.4. The lowest BCUT2D eigenvalue weighted by Gasteiger charge is -2.27. The highest BCUT2D eigenvalue weighted by Gasteiger charge is 2.27. The van der Waals surface area contributed by atoms with E-state index in [0.29, 0.717) is 11.1 Å². The van der Waals surface area contributed by atoms with Gasteiger partial charge in [-0.2, -0.15) is 12.7 Å². The summed E-state index contributed by atoms with van der Waals surface area (Å²) in [5.74, 6) is -0.871. The molecule has 0 radical (unpaired) electrons. The molecule has 0 aromatic heterocycles. The fourth-order valence-corrected chi connectivity index (χ4v) is 4.81. The van der Waals surface area contributed by atoms with Crippen LogP contribution in [0.4, 0.5) is 10.1 Å². The number of benzene rings is 3. The molecule has 0 bridgehead atoms. The molecular weight excluding hydrogens is 477 g/mol. The van der Waals surface area contributed by atoms with E-state index >= 15 is 0 Å². The average Bonchev–Trinajstić information content (AvgIpc) is 2.82. The smallest absolute Gasteiger partial charge is 0.303 e. The van der Waals surface area contributed by atoms with Crippen LogP contribution in [0.1, 0.15) is 60.8 Å². The molecule has 0 saturated carbocycles. The molecular formula is C28H34FN3O3S. The highest BCUT2D eigenvalue weighted by Crippen LogP contribution is 2.26. The van der Waals surface area contributed by atoms with Crippen molar-refractivity contribution in [1.82, 2.24) is 9.62 Å². The maximum absolute atomic E-state index is 14.5. The summed E-state index contributed by atoms with van der Waals surface area (Å²) in [4.78, 5) is 12.8. The van der Waals surface area contributed by atoms with Gasteiger partial charge in [-0.1, -0.05) is 69.3 Å². The van der Waals surface area contributed by atoms with Crippen LogP contribution < -0.4 is 9.62 Å². The standard InChI is InChI=1S/C28H34FN3O3S/c1-20(22-15-17-24(18-16-22)28(2,3)4)30-27(33)23-13-11-21(12-14-23)19-32(36(34,35)31(5)6)26-10-8-7-9-25(26)29/h7-18,20H,19H2,1-6H3,(H,30,33). The predicted molar refractivity (Wildman–Crippen MR) is 143 cm³/mol. The molecule has 6 nitrogen and oxygen atoms in total. The molecule has 0 aliphatic heterocycles. The molecule has 3 aromatic carbocycles. The summed E-state index contributed by atoms with van der Waals surface area (Å²) >= 11 is 0. The molecule has 0 heterocycles. The van der Waals surface area contributed by atoms with Gasteiger partial charge in [0.1, 0.15) is 5.82 Å². The van der Waals surface area contributed by atoms with E-state index in [0.717, 1.165) is 14.2 Å². The lowest BCUT2D eigenvalue weighted by Crippen LogP contribution is -2.40. The molecule has 1 amide bonds. The molecule has 3 rings (SSSR count). The van der Waals surface area contributed by atoms with Crippen molar-refractivity contribution < 1.29 is 17.6 Å². The Balaban J connectivity index is 1.75. The molecule has 192 valence electrons. The topological polar surface area (TPSA) is 69.7 Å². The largest absolute Gasteiger partial charge is 0.346 e. The van der Waals surface area contributed by atoms with E-state index in [1.165, 1.54) is 37.9 Å². The Bertz CT molecular complexity index is 1300. The SMILES string of the molecule is CC(NC(=O)c1ccc(CN(c2ccccc2F)S(=O)(=O)N(C)C)cc1)c1ccc(C(C)(C)C)cc1. The molecule has 0 saturated heterocycles. The molecule has 8 heteroatoms. The fourth-order valence-electron chi connectivity index (χ4n) is 3.70. The van der Waals surface area contributed by atoms with Crippen molar-refractivity contribution in [3.8, 4) is 0 Å². The van der Waals surface area contributed by atoms with Gasteiger partial charge in [-0.25, -0.2) is 4.39 Å². The van der Waals surface area contributed by atoms with Crippen LogP contribution in [0.5, 0.6) is 0 Å². The van der Waals surface area contributed by atoms with Gasteiger partial charge in [-0.3, -0.25) is 9.10 Å². The number of anilines is 1.